The normalized spacial score (nSPS) is 19.9. The Kier molecular flexibility index (Phi) is 4.70. The van der Waals surface area contributed by atoms with Crippen LogP contribution in [0.1, 0.15) is 60.2 Å². The molecule has 2 fully saturated rings. The Bertz CT molecular complexity index is 1040. The molecule has 0 N–H and O–H groups in total. The molecule has 150 valence electrons. The van der Waals surface area contributed by atoms with Crippen molar-refractivity contribution in [3.63, 3.8) is 0 Å². The largest absolute Gasteiger partial charge is 0.497 e. The van der Waals surface area contributed by atoms with E-state index < -0.39 is 0 Å². The highest BCUT2D eigenvalue weighted by Crippen LogP contribution is 2.38. The fourth-order valence-corrected chi connectivity index (χ4v) is 4.85. The van der Waals surface area contributed by atoms with Crippen molar-refractivity contribution in [3.05, 3.63) is 54.0 Å². The molecule has 1 saturated carbocycles. The fourth-order valence-electron chi connectivity index (χ4n) is 4.85. The topological polar surface area (TPSA) is 60.2 Å². The molecule has 3 aromatic rings. The van der Waals surface area contributed by atoms with Crippen LogP contribution in [0.2, 0.25) is 0 Å². The van der Waals surface area contributed by atoms with Crippen molar-refractivity contribution in [2.24, 2.45) is 0 Å². The zero-order chi connectivity index (χ0) is 19.8. The number of rotatable bonds is 4. The van der Waals surface area contributed by atoms with E-state index in [1.54, 1.807) is 7.11 Å². The van der Waals surface area contributed by atoms with Crippen LogP contribution in [0.15, 0.2) is 42.6 Å². The number of aromatic nitrogens is 3. The van der Waals surface area contributed by atoms with E-state index in [2.05, 4.69) is 9.55 Å². The Morgan fingerprint density at radius 2 is 2.00 bits per heavy atom. The SMILES string of the molecule is COc1cccc(C(=O)N2CC[C@@H](n3c(C4CCCC4)nc4cccnc43)C2)c1. The first-order chi connectivity index (χ1) is 14.2. The van der Waals surface area contributed by atoms with Gasteiger partial charge in [0.15, 0.2) is 5.65 Å². The number of hydrogen-bond donors (Lipinski definition) is 0. The smallest absolute Gasteiger partial charge is 0.254 e. The fraction of sp³-hybridized carbons (Fsp3) is 0.435. The van der Waals surface area contributed by atoms with Crippen molar-refractivity contribution in [1.29, 1.82) is 0 Å². The Balaban J connectivity index is 1.44. The third-order valence-electron chi connectivity index (χ3n) is 6.33. The summed E-state index contributed by atoms with van der Waals surface area (Å²) in [6.07, 6.45) is 7.70. The zero-order valence-electron chi connectivity index (χ0n) is 16.8. The summed E-state index contributed by atoms with van der Waals surface area (Å²) in [6.45, 7) is 1.44. The highest BCUT2D eigenvalue weighted by atomic mass is 16.5. The van der Waals surface area contributed by atoms with E-state index in [-0.39, 0.29) is 11.9 Å². The van der Waals surface area contributed by atoms with Crippen molar-refractivity contribution >= 4 is 17.1 Å². The molecule has 2 aliphatic rings. The molecule has 5 rings (SSSR count). The predicted molar refractivity (Wildman–Crippen MR) is 111 cm³/mol. The molecule has 6 nitrogen and oxygen atoms in total. The monoisotopic (exact) mass is 390 g/mol. The van der Waals surface area contributed by atoms with E-state index in [9.17, 15) is 4.79 Å². The van der Waals surface area contributed by atoms with Crippen molar-refractivity contribution in [3.8, 4) is 5.75 Å². The molecular weight excluding hydrogens is 364 g/mol. The molecule has 0 unspecified atom stereocenters. The van der Waals surface area contributed by atoms with Gasteiger partial charge in [0.25, 0.3) is 5.91 Å². The first-order valence-corrected chi connectivity index (χ1v) is 10.5. The number of amides is 1. The lowest BCUT2D eigenvalue weighted by Crippen LogP contribution is -2.29. The van der Waals surface area contributed by atoms with Gasteiger partial charge in [-0.1, -0.05) is 18.9 Å². The Hall–Kier alpha value is -2.89. The summed E-state index contributed by atoms with van der Waals surface area (Å²) in [5.41, 5.74) is 2.59. The summed E-state index contributed by atoms with van der Waals surface area (Å²) in [6, 6.07) is 11.6. The van der Waals surface area contributed by atoms with Crippen LogP contribution in [-0.4, -0.2) is 45.5 Å². The third-order valence-corrected chi connectivity index (χ3v) is 6.33. The molecule has 1 amide bonds. The predicted octanol–water partition coefficient (Wildman–Crippen LogP) is 4.18. The molecule has 1 aromatic carbocycles. The molecule has 1 aliphatic carbocycles. The summed E-state index contributed by atoms with van der Waals surface area (Å²) >= 11 is 0. The third kappa shape index (κ3) is 3.26. The standard InChI is InChI=1S/C23H26N4O2/c1-29-19-9-4-8-17(14-19)23(28)26-13-11-18(15-26)27-21(16-6-2-3-7-16)25-20-10-5-12-24-22(20)27/h4-5,8-10,12,14,16,18H,2-3,6-7,11,13,15H2,1H3/t18-/m1/s1. The van der Waals surface area contributed by atoms with Gasteiger partial charge in [-0.05, 0) is 49.6 Å². The van der Waals surface area contributed by atoms with Crippen LogP contribution >= 0.6 is 0 Å². The van der Waals surface area contributed by atoms with E-state index in [0.29, 0.717) is 23.8 Å². The molecule has 1 atom stereocenters. The van der Waals surface area contributed by atoms with Crippen molar-refractivity contribution in [2.45, 2.75) is 44.1 Å². The molecule has 1 saturated heterocycles. The summed E-state index contributed by atoms with van der Waals surface area (Å²) < 4.78 is 7.61. The number of hydrogen-bond acceptors (Lipinski definition) is 4. The molecule has 0 radical (unpaired) electrons. The number of pyridine rings is 1. The highest BCUT2D eigenvalue weighted by Gasteiger charge is 2.33. The number of imidazole rings is 1. The van der Waals surface area contributed by atoms with Gasteiger partial charge < -0.3 is 14.2 Å². The van der Waals surface area contributed by atoms with Gasteiger partial charge in [0.05, 0.1) is 13.2 Å². The molecule has 29 heavy (non-hydrogen) atoms. The lowest BCUT2D eigenvalue weighted by molar-refractivity contribution is 0.0787. The summed E-state index contributed by atoms with van der Waals surface area (Å²) in [5, 5.41) is 0. The number of methoxy groups -OCH3 is 1. The van der Waals surface area contributed by atoms with Gasteiger partial charge in [-0.25, -0.2) is 9.97 Å². The van der Waals surface area contributed by atoms with E-state index in [0.717, 1.165) is 30.0 Å². The van der Waals surface area contributed by atoms with Crippen LogP contribution in [0.4, 0.5) is 0 Å². The highest BCUT2D eigenvalue weighted by molar-refractivity contribution is 5.94. The van der Waals surface area contributed by atoms with Gasteiger partial charge >= 0.3 is 0 Å². The summed E-state index contributed by atoms with van der Waals surface area (Å²) in [4.78, 5) is 24.6. The average Bonchev–Trinajstić information content (AvgIpc) is 3.51. The molecule has 1 aliphatic heterocycles. The number of carbonyl (C=O) groups is 1. The van der Waals surface area contributed by atoms with Gasteiger partial charge in [0.2, 0.25) is 0 Å². The average molecular weight is 390 g/mol. The lowest BCUT2D eigenvalue weighted by atomic mass is 10.1. The minimum absolute atomic E-state index is 0.0613. The number of benzene rings is 1. The van der Waals surface area contributed by atoms with Gasteiger partial charge in [-0.2, -0.15) is 0 Å². The Labute approximate surface area is 170 Å². The van der Waals surface area contributed by atoms with Gasteiger partial charge in [-0.15, -0.1) is 0 Å². The lowest BCUT2D eigenvalue weighted by Gasteiger charge is -2.20. The molecule has 0 bridgehead atoms. The van der Waals surface area contributed by atoms with Crippen LogP contribution < -0.4 is 4.74 Å². The maximum absolute atomic E-state index is 13.1. The number of nitrogens with zero attached hydrogens (tertiary/aromatic N) is 4. The maximum Gasteiger partial charge on any atom is 0.254 e. The number of fused-ring (bicyclic) bond motifs is 1. The minimum atomic E-state index is 0.0613. The molecule has 2 aromatic heterocycles. The van der Waals surface area contributed by atoms with Gasteiger partial charge in [0.1, 0.15) is 17.1 Å². The molecule has 0 spiro atoms. The second-order valence-corrected chi connectivity index (χ2v) is 8.09. The van der Waals surface area contributed by atoms with Crippen LogP contribution in [0.5, 0.6) is 5.75 Å². The van der Waals surface area contributed by atoms with E-state index in [1.807, 2.05) is 47.5 Å². The summed E-state index contributed by atoms with van der Waals surface area (Å²) in [5.74, 6) is 2.44. The van der Waals surface area contributed by atoms with Gasteiger partial charge in [0, 0.05) is 30.8 Å². The van der Waals surface area contributed by atoms with Gasteiger partial charge in [-0.3, -0.25) is 4.79 Å². The zero-order valence-corrected chi connectivity index (χ0v) is 16.8. The summed E-state index contributed by atoms with van der Waals surface area (Å²) in [7, 11) is 1.62. The quantitative estimate of drug-likeness (QED) is 0.670. The maximum atomic E-state index is 13.1. The van der Waals surface area contributed by atoms with E-state index in [4.69, 9.17) is 9.72 Å². The van der Waals surface area contributed by atoms with Crippen molar-refractivity contribution in [2.75, 3.05) is 20.2 Å². The molecule has 6 heteroatoms. The Morgan fingerprint density at radius 1 is 1.14 bits per heavy atom. The van der Waals surface area contributed by atoms with Crippen LogP contribution in [-0.2, 0) is 0 Å². The van der Waals surface area contributed by atoms with Crippen molar-refractivity contribution in [1.82, 2.24) is 19.4 Å². The number of carbonyl (C=O) groups excluding carboxylic acids is 1. The first-order valence-electron chi connectivity index (χ1n) is 10.5. The van der Waals surface area contributed by atoms with Crippen LogP contribution in [0.3, 0.4) is 0 Å². The number of likely N-dealkylation sites (tertiary alicyclic amines) is 1. The Morgan fingerprint density at radius 3 is 2.83 bits per heavy atom. The second-order valence-electron chi connectivity index (χ2n) is 8.09. The second kappa shape index (κ2) is 7.50. The first kappa shape index (κ1) is 18.2. The van der Waals surface area contributed by atoms with Crippen LogP contribution in [0.25, 0.3) is 11.2 Å². The number of ether oxygens (including phenoxy) is 1. The molecule has 3 heterocycles. The van der Waals surface area contributed by atoms with Crippen molar-refractivity contribution < 1.29 is 9.53 Å². The molecular formula is C23H26N4O2. The van der Waals surface area contributed by atoms with E-state index in [1.165, 1.54) is 25.7 Å². The van der Waals surface area contributed by atoms with E-state index >= 15 is 0 Å². The van der Waals surface area contributed by atoms with Crippen LogP contribution in [0, 0.1) is 0 Å². The minimum Gasteiger partial charge on any atom is -0.497 e.